The number of ether oxygens (including phenoxy) is 6. The lowest BCUT2D eigenvalue weighted by Crippen LogP contribution is -2.61. The summed E-state index contributed by atoms with van der Waals surface area (Å²) in [5, 5.41) is 72.2. The Morgan fingerprint density at radius 3 is 1.44 bits per heavy atom. The fourth-order valence-electron chi connectivity index (χ4n) is 8.43. The van der Waals surface area contributed by atoms with Crippen LogP contribution in [0.5, 0.6) is 0 Å². The molecule has 0 spiro atoms. The molecule has 0 aromatic heterocycles. The second kappa shape index (κ2) is 41.8. The molecule has 2 aliphatic rings. The minimum atomic E-state index is -1.71. The molecular weight excluding hydrogens is 873 g/mol. The van der Waals surface area contributed by atoms with Crippen molar-refractivity contribution in [3.05, 3.63) is 36.5 Å². The smallest absolute Gasteiger partial charge is 0.306 e. The highest BCUT2D eigenvalue weighted by molar-refractivity contribution is 5.69. The first-order chi connectivity index (χ1) is 33.1. The fraction of sp³-hybridized carbons (Fsp3) is 0.870. The van der Waals surface area contributed by atoms with Gasteiger partial charge in [0.25, 0.3) is 0 Å². The molecule has 0 aromatic rings. The van der Waals surface area contributed by atoms with Crippen LogP contribution in [0.25, 0.3) is 0 Å². The minimum Gasteiger partial charge on any atom is -0.457 e. The van der Waals surface area contributed by atoms with E-state index < -0.39 is 80.7 Å². The van der Waals surface area contributed by atoms with Gasteiger partial charge < -0.3 is 64.2 Å². The van der Waals surface area contributed by atoms with Gasteiger partial charge in [0.05, 0.1) is 26.4 Å². The molecule has 0 amide bonds. The number of unbranched alkanes of at least 4 members (excludes halogenated alkanes) is 23. The third-order valence-electron chi connectivity index (χ3n) is 12.9. The fourth-order valence-corrected chi connectivity index (χ4v) is 8.43. The van der Waals surface area contributed by atoms with E-state index in [9.17, 15) is 40.5 Å². The molecule has 7 N–H and O–H groups in total. The molecule has 2 heterocycles. The summed E-state index contributed by atoms with van der Waals surface area (Å²) in [5.41, 5.74) is 0. The molecule has 0 aromatic carbocycles. The van der Waals surface area contributed by atoms with Crippen LogP contribution >= 0.6 is 0 Å². The molecule has 11 atom stereocenters. The molecule has 398 valence electrons. The van der Waals surface area contributed by atoms with E-state index in [-0.39, 0.29) is 25.6 Å². The molecule has 2 saturated heterocycles. The van der Waals surface area contributed by atoms with E-state index in [1.54, 1.807) is 0 Å². The van der Waals surface area contributed by atoms with Crippen molar-refractivity contribution >= 4 is 5.97 Å². The van der Waals surface area contributed by atoms with E-state index in [0.717, 1.165) is 64.2 Å². The molecular formula is C54H98O14. The van der Waals surface area contributed by atoms with E-state index in [1.807, 2.05) is 0 Å². The highest BCUT2D eigenvalue weighted by Gasteiger charge is 2.47. The molecule has 2 fully saturated rings. The summed E-state index contributed by atoms with van der Waals surface area (Å²) in [4.78, 5) is 13.0. The normalized spacial score (nSPS) is 26.1. The predicted octanol–water partition coefficient (Wildman–Crippen LogP) is 8.58. The van der Waals surface area contributed by atoms with Crippen LogP contribution in [0, 0.1) is 0 Å². The molecule has 14 nitrogen and oxygen atoms in total. The molecule has 2 aliphatic heterocycles. The van der Waals surface area contributed by atoms with Crippen molar-refractivity contribution in [2.75, 3.05) is 33.0 Å². The maximum atomic E-state index is 13.0. The number of hydrogen-bond acceptors (Lipinski definition) is 14. The lowest BCUT2D eigenvalue weighted by Gasteiger charge is -2.42. The zero-order chi connectivity index (χ0) is 49.5. The third kappa shape index (κ3) is 28.9. The van der Waals surface area contributed by atoms with Gasteiger partial charge in [0.2, 0.25) is 0 Å². The standard InChI is InChI=1S/C54H98O14/c1-3-5-7-9-11-13-15-17-19-21-22-24-26-28-30-32-34-36-38-63-40-43(66-46(56)37-35-33-31-29-27-25-23-20-18-16-14-12-10-8-6-4-2)41-64-53-52(62)50(60)48(58)45(68-53)42-65-54-51(61)49(59)47(57)44(39-55)67-54/h14,16-17,19-20,23,43-45,47-55,57-62H,3-13,15,18,21-22,24-42H2,1-2H3/b16-14-,19-17-,23-20-. The van der Waals surface area contributed by atoms with Crippen LogP contribution < -0.4 is 0 Å². The van der Waals surface area contributed by atoms with E-state index >= 15 is 0 Å². The zero-order valence-electron chi connectivity index (χ0n) is 42.3. The molecule has 0 radical (unpaired) electrons. The summed E-state index contributed by atoms with van der Waals surface area (Å²) < 4.78 is 34.3. The maximum absolute atomic E-state index is 13.0. The van der Waals surface area contributed by atoms with Crippen LogP contribution in [0.2, 0.25) is 0 Å². The van der Waals surface area contributed by atoms with Crippen LogP contribution in [0.3, 0.4) is 0 Å². The number of esters is 1. The summed E-state index contributed by atoms with van der Waals surface area (Å²) in [6, 6.07) is 0. The van der Waals surface area contributed by atoms with Gasteiger partial charge in [-0.15, -0.1) is 0 Å². The number of hydrogen-bond donors (Lipinski definition) is 7. The topological polar surface area (TPSA) is 214 Å². The van der Waals surface area contributed by atoms with Crippen molar-refractivity contribution in [2.24, 2.45) is 0 Å². The average molecular weight is 971 g/mol. The summed E-state index contributed by atoms with van der Waals surface area (Å²) in [7, 11) is 0. The van der Waals surface area contributed by atoms with Gasteiger partial charge >= 0.3 is 5.97 Å². The zero-order valence-corrected chi connectivity index (χ0v) is 42.3. The highest BCUT2D eigenvalue weighted by atomic mass is 16.7. The van der Waals surface area contributed by atoms with Crippen LogP contribution in [0.1, 0.15) is 200 Å². The maximum Gasteiger partial charge on any atom is 0.306 e. The Hall–Kier alpha value is -1.79. The molecule has 11 unspecified atom stereocenters. The average Bonchev–Trinajstić information content (AvgIpc) is 3.33. The number of rotatable bonds is 43. The Morgan fingerprint density at radius 2 is 0.912 bits per heavy atom. The van der Waals surface area contributed by atoms with Crippen LogP contribution in [0.4, 0.5) is 0 Å². The highest BCUT2D eigenvalue weighted by Crippen LogP contribution is 2.26. The third-order valence-corrected chi connectivity index (χ3v) is 12.9. The first-order valence-corrected chi connectivity index (χ1v) is 27.1. The minimum absolute atomic E-state index is 0.0546. The molecule has 0 bridgehead atoms. The summed E-state index contributed by atoms with van der Waals surface area (Å²) in [6.07, 6.45) is 30.6. The Bertz CT molecular complexity index is 1260. The summed E-state index contributed by atoms with van der Waals surface area (Å²) >= 11 is 0. The van der Waals surface area contributed by atoms with Crippen molar-refractivity contribution in [2.45, 2.75) is 268 Å². The monoisotopic (exact) mass is 971 g/mol. The van der Waals surface area contributed by atoms with Crippen LogP contribution in [-0.2, 0) is 33.2 Å². The Kier molecular flexibility index (Phi) is 38.3. The van der Waals surface area contributed by atoms with Gasteiger partial charge in [0.1, 0.15) is 54.9 Å². The number of aliphatic hydroxyl groups excluding tert-OH is 7. The van der Waals surface area contributed by atoms with Gasteiger partial charge in [0, 0.05) is 13.0 Å². The van der Waals surface area contributed by atoms with Crippen LogP contribution in [-0.4, -0.2) is 142 Å². The van der Waals surface area contributed by atoms with Gasteiger partial charge in [0.15, 0.2) is 12.6 Å². The van der Waals surface area contributed by atoms with Gasteiger partial charge in [-0.1, -0.05) is 159 Å². The van der Waals surface area contributed by atoms with Gasteiger partial charge in [-0.3, -0.25) is 4.79 Å². The van der Waals surface area contributed by atoms with Crippen molar-refractivity contribution < 1.29 is 69.0 Å². The largest absolute Gasteiger partial charge is 0.457 e. The van der Waals surface area contributed by atoms with Crippen molar-refractivity contribution in [3.63, 3.8) is 0 Å². The Balaban J connectivity index is 1.76. The number of carbonyl (C=O) groups excluding carboxylic acids is 1. The quantitative estimate of drug-likeness (QED) is 0.0173. The Morgan fingerprint density at radius 1 is 0.485 bits per heavy atom. The van der Waals surface area contributed by atoms with E-state index in [4.69, 9.17) is 28.4 Å². The lowest BCUT2D eigenvalue weighted by molar-refractivity contribution is -0.332. The van der Waals surface area contributed by atoms with Crippen molar-refractivity contribution in [1.29, 1.82) is 0 Å². The SMILES string of the molecule is CCCCCC/C=C\C/C=C\CCCCCCCC(=O)OC(COCCCCCCCCCC/C=C\CCCCCCCC)COC1OC(COC2OC(CO)C(O)C(O)C2O)C(O)C(O)C1O. The summed E-state index contributed by atoms with van der Waals surface area (Å²) in [5.74, 6) is -0.390. The Labute approximate surface area is 410 Å². The second-order valence-electron chi connectivity index (χ2n) is 19.0. The number of allylic oxidation sites excluding steroid dienone is 6. The lowest BCUT2D eigenvalue weighted by atomic mass is 9.98. The molecule has 14 heteroatoms. The van der Waals surface area contributed by atoms with Gasteiger partial charge in [-0.2, -0.15) is 0 Å². The molecule has 0 saturated carbocycles. The van der Waals surface area contributed by atoms with E-state index in [1.165, 1.54) is 109 Å². The van der Waals surface area contributed by atoms with E-state index in [2.05, 4.69) is 50.3 Å². The molecule has 0 aliphatic carbocycles. The second-order valence-corrected chi connectivity index (χ2v) is 19.0. The number of carbonyl (C=O) groups is 1. The first-order valence-electron chi connectivity index (χ1n) is 27.1. The van der Waals surface area contributed by atoms with Crippen molar-refractivity contribution in [3.8, 4) is 0 Å². The predicted molar refractivity (Wildman–Crippen MR) is 266 cm³/mol. The first kappa shape index (κ1) is 62.3. The number of aliphatic hydroxyl groups is 7. The molecule has 68 heavy (non-hydrogen) atoms. The van der Waals surface area contributed by atoms with Gasteiger partial charge in [-0.05, 0) is 70.6 Å². The summed E-state index contributed by atoms with van der Waals surface area (Å²) in [6.45, 7) is 3.65. The van der Waals surface area contributed by atoms with Gasteiger partial charge in [-0.25, -0.2) is 0 Å². The molecule has 2 rings (SSSR count). The van der Waals surface area contributed by atoms with E-state index in [0.29, 0.717) is 13.0 Å². The van der Waals surface area contributed by atoms with Crippen LogP contribution in [0.15, 0.2) is 36.5 Å². The van der Waals surface area contributed by atoms with Crippen molar-refractivity contribution in [1.82, 2.24) is 0 Å².